The van der Waals surface area contributed by atoms with Crippen molar-refractivity contribution in [1.29, 1.82) is 0 Å². The lowest BCUT2D eigenvalue weighted by Gasteiger charge is -2.09. The molecule has 26 heavy (non-hydrogen) atoms. The van der Waals surface area contributed by atoms with E-state index in [0.717, 1.165) is 34.3 Å². The van der Waals surface area contributed by atoms with Gasteiger partial charge in [-0.2, -0.15) is 0 Å². The smallest absolute Gasteiger partial charge is 0.229 e. The van der Waals surface area contributed by atoms with Crippen LogP contribution in [0.1, 0.15) is 6.42 Å². The number of ether oxygens (including phenoxy) is 1. The van der Waals surface area contributed by atoms with Crippen LogP contribution in [0.5, 0.6) is 5.75 Å². The molecule has 3 aromatic rings. The van der Waals surface area contributed by atoms with Gasteiger partial charge in [-0.15, -0.1) is 0 Å². The molecule has 0 unspecified atom stereocenters. The summed E-state index contributed by atoms with van der Waals surface area (Å²) in [5.41, 5.74) is 3.00. The molecule has 1 fully saturated rings. The first kappa shape index (κ1) is 16.6. The van der Waals surface area contributed by atoms with Crippen molar-refractivity contribution < 1.29 is 14.6 Å². The molecule has 2 heterocycles. The SMILES string of the molecule is COc1ccccc1-c1cc2cc(NC(=O)[C@@H]3C[C@@H]3CO)ncc2n1C. The van der Waals surface area contributed by atoms with Crippen LogP contribution in [0.25, 0.3) is 22.2 Å². The predicted molar refractivity (Wildman–Crippen MR) is 100 cm³/mol. The number of hydrogen-bond acceptors (Lipinski definition) is 4. The number of rotatable bonds is 5. The van der Waals surface area contributed by atoms with Crippen LogP contribution in [0.3, 0.4) is 0 Å². The van der Waals surface area contributed by atoms with Crippen LogP contribution in [0.4, 0.5) is 5.82 Å². The highest BCUT2D eigenvalue weighted by Gasteiger charge is 2.42. The lowest BCUT2D eigenvalue weighted by molar-refractivity contribution is -0.117. The van der Waals surface area contributed by atoms with E-state index in [-0.39, 0.29) is 24.3 Å². The number of benzene rings is 1. The second kappa shape index (κ2) is 6.46. The Balaban J connectivity index is 1.66. The molecule has 1 saturated carbocycles. The summed E-state index contributed by atoms with van der Waals surface area (Å²) in [5.74, 6) is 1.26. The van der Waals surface area contributed by atoms with Gasteiger partial charge in [0.25, 0.3) is 0 Å². The number of nitrogens with one attached hydrogen (secondary N) is 1. The van der Waals surface area contributed by atoms with Crippen LogP contribution in [-0.2, 0) is 11.8 Å². The summed E-state index contributed by atoms with van der Waals surface area (Å²) < 4.78 is 7.54. The van der Waals surface area contributed by atoms with Crippen molar-refractivity contribution in [2.45, 2.75) is 6.42 Å². The molecule has 2 aromatic heterocycles. The molecule has 2 atom stereocenters. The van der Waals surface area contributed by atoms with Crippen molar-refractivity contribution in [3.8, 4) is 17.0 Å². The maximum Gasteiger partial charge on any atom is 0.229 e. The number of nitrogens with zero attached hydrogens (tertiary/aromatic N) is 2. The number of hydrogen-bond donors (Lipinski definition) is 2. The van der Waals surface area contributed by atoms with E-state index in [1.807, 2.05) is 37.4 Å². The van der Waals surface area contributed by atoms with E-state index in [0.29, 0.717) is 5.82 Å². The molecule has 0 aliphatic heterocycles. The summed E-state index contributed by atoms with van der Waals surface area (Å²) in [6.07, 6.45) is 2.51. The molecule has 1 aliphatic rings. The van der Waals surface area contributed by atoms with Crippen molar-refractivity contribution in [2.75, 3.05) is 19.0 Å². The molecule has 1 aromatic carbocycles. The molecule has 0 saturated heterocycles. The highest BCUT2D eigenvalue weighted by Crippen LogP contribution is 2.39. The Kier molecular flexibility index (Phi) is 4.12. The molecule has 0 radical (unpaired) electrons. The number of aryl methyl sites for hydroxylation is 1. The fourth-order valence-corrected chi connectivity index (χ4v) is 3.41. The van der Waals surface area contributed by atoms with Gasteiger partial charge in [0.2, 0.25) is 5.91 Å². The number of fused-ring (bicyclic) bond motifs is 1. The first-order chi connectivity index (χ1) is 12.6. The van der Waals surface area contributed by atoms with E-state index in [2.05, 4.69) is 20.9 Å². The Morgan fingerprint density at radius 2 is 2.19 bits per heavy atom. The molecular formula is C20H21N3O3. The van der Waals surface area contributed by atoms with Crippen LogP contribution >= 0.6 is 0 Å². The molecule has 4 rings (SSSR count). The number of amides is 1. The fourth-order valence-electron chi connectivity index (χ4n) is 3.41. The van der Waals surface area contributed by atoms with E-state index in [1.165, 1.54) is 0 Å². The lowest BCUT2D eigenvalue weighted by Crippen LogP contribution is -2.16. The monoisotopic (exact) mass is 351 g/mol. The number of carbonyl (C=O) groups excluding carboxylic acids is 1. The summed E-state index contributed by atoms with van der Waals surface area (Å²) in [6, 6.07) is 11.8. The maximum atomic E-state index is 12.2. The van der Waals surface area contributed by atoms with Crippen molar-refractivity contribution in [3.05, 3.63) is 42.6 Å². The first-order valence-electron chi connectivity index (χ1n) is 8.63. The van der Waals surface area contributed by atoms with Crippen LogP contribution in [-0.4, -0.2) is 34.3 Å². The molecule has 6 nitrogen and oxygen atoms in total. The van der Waals surface area contributed by atoms with Gasteiger partial charge in [0.1, 0.15) is 11.6 Å². The summed E-state index contributed by atoms with van der Waals surface area (Å²) in [4.78, 5) is 16.5. The molecular weight excluding hydrogens is 330 g/mol. The molecule has 0 spiro atoms. The van der Waals surface area contributed by atoms with E-state index in [1.54, 1.807) is 13.3 Å². The highest BCUT2D eigenvalue weighted by atomic mass is 16.5. The first-order valence-corrected chi connectivity index (χ1v) is 8.63. The highest BCUT2D eigenvalue weighted by molar-refractivity contribution is 5.96. The number of pyridine rings is 1. The largest absolute Gasteiger partial charge is 0.496 e. The van der Waals surface area contributed by atoms with Gasteiger partial charge in [-0.25, -0.2) is 4.98 Å². The van der Waals surface area contributed by atoms with Crippen LogP contribution in [0, 0.1) is 11.8 Å². The average molecular weight is 351 g/mol. The summed E-state index contributed by atoms with van der Waals surface area (Å²) in [7, 11) is 3.65. The topological polar surface area (TPSA) is 76.4 Å². The van der Waals surface area contributed by atoms with Crippen molar-refractivity contribution >= 4 is 22.6 Å². The zero-order valence-electron chi connectivity index (χ0n) is 14.8. The number of carbonyl (C=O) groups is 1. The number of methoxy groups -OCH3 is 1. The lowest BCUT2D eigenvalue weighted by atomic mass is 10.1. The summed E-state index contributed by atoms with van der Waals surface area (Å²) in [5, 5.41) is 13.0. The molecule has 6 heteroatoms. The number of aromatic nitrogens is 2. The third-order valence-electron chi connectivity index (χ3n) is 5.06. The van der Waals surface area contributed by atoms with Gasteiger partial charge < -0.3 is 19.7 Å². The summed E-state index contributed by atoms with van der Waals surface area (Å²) in [6.45, 7) is 0.0610. The van der Waals surface area contributed by atoms with Gasteiger partial charge in [0.15, 0.2) is 0 Å². The normalized spacial score (nSPS) is 18.7. The van der Waals surface area contributed by atoms with Crippen molar-refractivity contribution in [2.24, 2.45) is 18.9 Å². The van der Waals surface area contributed by atoms with E-state index >= 15 is 0 Å². The second-order valence-corrected chi connectivity index (χ2v) is 6.69. The Bertz CT molecular complexity index is 980. The number of aliphatic hydroxyl groups excluding tert-OH is 1. The zero-order valence-corrected chi connectivity index (χ0v) is 14.8. The fraction of sp³-hybridized carbons (Fsp3) is 0.300. The minimum absolute atomic E-state index is 0.0610. The van der Waals surface area contributed by atoms with Crippen LogP contribution in [0.2, 0.25) is 0 Å². The third-order valence-corrected chi connectivity index (χ3v) is 5.06. The van der Waals surface area contributed by atoms with Gasteiger partial charge >= 0.3 is 0 Å². The van der Waals surface area contributed by atoms with Crippen LogP contribution < -0.4 is 10.1 Å². The van der Waals surface area contributed by atoms with Gasteiger partial charge in [-0.3, -0.25) is 4.79 Å². The van der Waals surface area contributed by atoms with Crippen molar-refractivity contribution in [1.82, 2.24) is 9.55 Å². The van der Waals surface area contributed by atoms with Gasteiger partial charge in [0.05, 0.1) is 24.5 Å². The Labute approximate surface area is 151 Å². The standard InChI is InChI=1S/C20H21N3O3/c1-23-16(14-5-3-4-6-18(14)26-2)8-12-9-19(21-10-17(12)23)22-20(25)15-7-13(15)11-24/h3-6,8-10,13,15,24H,7,11H2,1-2H3,(H,21,22,25)/t13-,15-/m1/s1. The van der Waals surface area contributed by atoms with Crippen molar-refractivity contribution in [3.63, 3.8) is 0 Å². The Hall–Kier alpha value is -2.86. The second-order valence-electron chi connectivity index (χ2n) is 6.69. The Morgan fingerprint density at radius 3 is 2.92 bits per heavy atom. The molecule has 0 bridgehead atoms. The van der Waals surface area contributed by atoms with E-state index < -0.39 is 0 Å². The predicted octanol–water partition coefficient (Wildman–Crippen LogP) is 2.82. The van der Waals surface area contributed by atoms with E-state index in [4.69, 9.17) is 9.84 Å². The van der Waals surface area contributed by atoms with Crippen LogP contribution in [0.15, 0.2) is 42.6 Å². The molecule has 1 aliphatic carbocycles. The van der Waals surface area contributed by atoms with E-state index in [9.17, 15) is 4.79 Å². The minimum atomic E-state index is -0.0996. The number of anilines is 1. The van der Waals surface area contributed by atoms with Gasteiger partial charge in [0, 0.05) is 30.5 Å². The molecule has 134 valence electrons. The quantitative estimate of drug-likeness (QED) is 0.741. The van der Waals surface area contributed by atoms with Gasteiger partial charge in [-0.05, 0) is 36.6 Å². The molecule has 1 amide bonds. The average Bonchev–Trinajstić information content (AvgIpc) is 3.39. The third kappa shape index (κ3) is 2.82. The number of para-hydroxylation sites is 1. The minimum Gasteiger partial charge on any atom is -0.496 e. The number of aliphatic hydroxyl groups is 1. The maximum absolute atomic E-state index is 12.2. The summed E-state index contributed by atoms with van der Waals surface area (Å²) >= 11 is 0. The Morgan fingerprint density at radius 1 is 1.38 bits per heavy atom. The molecule has 2 N–H and O–H groups in total. The zero-order chi connectivity index (χ0) is 18.3. The van der Waals surface area contributed by atoms with Gasteiger partial charge in [-0.1, -0.05) is 12.1 Å².